The molecule has 1 unspecified atom stereocenters. The van der Waals surface area contributed by atoms with Crippen LogP contribution < -0.4 is 15.4 Å². The van der Waals surface area contributed by atoms with E-state index in [9.17, 15) is 9.59 Å². The van der Waals surface area contributed by atoms with Crippen LogP contribution in [0.25, 0.3) is 0 Å². The normalized spacial score (nSPS) is 16.2. The summed E-state index contributed by atoms with van der Waals surface area (Å²) < 4.78 is 5.58. The van der Waals surface area contributed by atoms with Crippen molar-refractivity contribution in [2.24, 2.45) is 0 Å². The molecule has 0 spiro atoms. The summed E-state index contributed by atoms with van der Waals surface area (Å²) in [5.74, 6) is 0.00139. The fourth-order valence-electron chi connectivity index (χ4n) is 2.16. The van der Waals surface area contributed by atoms with E-state index in [2.05, 4.69) is 15.6 Å². The van der Waals surface area contributed by atoms with Crippen LogP contribution in [0.4, 0.5) is 5.69 Å². The van der Waals surface area contributed by atoms with Crippen molar-refractivity contribution >= 4 is 17.5 Å². The number of carbonyl (C=O) groups excluding carboxylic acids is 2. The highest BCUT2D eigenvalue weighted by Crippen LogP contribution is 2.29. The zero-order valence-corrected chi connectivity index (χ0v) is 11.8. The van der Waals surface area contributed by atoms with E-state index in [0.29, 0.717) is 18.0 Å². The maximum Gasteiger partial charge on any atom is 0.266 e. The Labute approximate surface area is 127 Å². The lowest BCUT2D eigenvalue weighted by Crippen LogP contribution is -2.40. The molecular formula is C16H15N3O3. The summed E-state index contributed by atoms with van der Waals surface area (Å²) in [5, 5.41) is 5.46. The molecule has 2 N–H and O–H groups in total. The molecule has 2 aromatic rings. The first kappa shape index (κ1) is 14.1. The topological polar surface area (TPSA) is 80.3 Å². The molecule has 1 aliphatic rings. The van der Waals surface area contributed by atoms with E-state index in [0.717, 1.165) is 5.69 Å². The number of benzene rings is 1. The van der Waals surface area contributed by atoms with Crippen LogP contribution in [0.3, 0.4) is 0 Å². The number of aromatic nitrogens is 1. The highest BCUT2D eigenvalue weighted by Gasteiger charge is 2.29. The smallest absolute Gasteiger partial charge is 0.266 e. The fourth-order valence-corrected chi connectivity index (χ4v) is 2.16. The summed E-state index contributed by atoms with van der Waals surface area (Å²) in [4.78, 5) is 28.0. The number of amides is 2. The van der Waals surface area contributed by atoms with Crippen molar-refractivity contribution in [3.63, 3.8) is 0 Å². The van der Waals surface area contributed by atoms with Gasteiger partial charge in [0.25, 0.3) is 5.91 Å². The van der Waals surface area contributed by atoms with Gasteiger partial charge < -0.3 is 15.4 Å². The Kier molecular flexibility index (Phi) is 4.00. The number of rotatable bonds is 4. The summed E-state index contributed by atoms with van der Waals surface area (Å²) in [7, 11) is 0. The number of carbonyl (C=O) groups is 2. The molecule has 1 aliphatic heterocycles. The first-order valence-electron chi connectivity index (χ1n) is 6.95. The van der Waals surface area contributed by atoms with Gasteiger partial charge in [0.2, 0.25) is 5.91 Å². The third kappa shape index (κ3) is 3.22. The SMILES string of the molecule is O=C(CC1Oc2ccccc2NC1=O)NCc1ccccn1. The monoisotopic (exact) mass is 297 g/mol. The van der Waals surface area contributed by atoms with Gasteiger partial charge in [0.1, 0.15) is 5.75 Å². The number of nitrogens with one attached hydrogen (secondary N) is 2. The average molecular weight is 297 g/mol. The molecule has 3 rings (SSSR count). The van der Waals surface area contributed by atoms with E-state index < -0.39 is 6.10 Å². The molecule has 0 fully saturated rings. The number of ether oxygens (including phenoxy) is 1. The molecule has 0 aliphatic carbocycles. The lowest BCUT2D eigenvalue weighted by atomic mass is 10.1. The van der Waals surface area contributed by atoms with Crippen molar-refractivity contribution in [3.05, 3.63) is 54.4 Å². The number of anilines is 1. The van der Waals surface area contributed by atoms with Crippen molar-refractivity contribution in [3.8, 4) is 5.75 Å². The van der Waals surface area contributed by atoms with E-state index in [1.165, 1.54) is 0 Å². The first-order chi connectivity index (χ1) is 10.7. The Balaban J connectivity index is 1.57. The van der Waals surface area contributed by atoms with Crippen LogP contribution in [0, 0.1) is 0 Å². The molecule has 2 amide bonds. The standard InChI is InChI=1S/C16H15N3O3/c20-15(18-10-11-5-3-4-8-17-11)9-14-16(21)19-12-6-1-2-7-13(12)22-14/h1-8,14H,9-10H2,(H,18,20)(H,19,21). The summed E-state index contributed by atoms with van der Waals surface area (Å²) in [6.07, 6.45) is 0.807. The van der Waals surface area contributed by atoms with Crippen molar-refractivity contribution in [2.45, 2.75) is 19.1 Å². The van der Waals surface area contributed by atoms with Gasteiger partial charge in [-0.1, -0.05) is 18.2 Å². The molecule has 0 radical (unpaired) electrons. The summed E-state index contributed by atoms with van der Waals surface area (Å²) in [6.45, 7) is 0.324. The van der Waals surface area contributed by atoms with Gasteiger partial charge in [-0.2, -0.15) is 0 Å². The Bertz CT molecular complexity index is 688. The Morgan fingerprint density at radius 2 is 2.05 bits per heavy atom. The van der Waals surface area contributed by atoms with E-state index >= 15 is 0 Å². The second-order valence-corrected chi connectivity index (χ2v) is 4.89. The molecule has 0 saturated heterocycles. The average Bonchev–Trinajstić information content (AvgIpc) is 2.55. The van der Waals surface area contributed by atoms with Gasteiger partial charge in [-0.05, 0) is 24.3 Å². The van der Waals surface area contributed by atoms with E-state index in [1.807, 2.05) is 30.3 Å². The Hall–Kier alpha value is -2.89. The van der Waals surface area contributed by atoms with Crippen LogP contribution in [0.2, 0.25) is 0 Å². The predicted octanol–water partition coefficient (Wildman–Crippen LogP) is 1.49. The van der Waals surface area contributed by atoms with Gasteiger partial charge in [-0.15, -0.1) is 0 Å². The molecule has 1 atom stereocenters. The molecular weight excluding hydrogens is 282 g/mol. The molecule has 6 heteroatoms. The molecule has 0 saturated carbocycles. The Morgan fingerprint density at radius 3 is 2.86 bits per heavy atom. The molecule has 1 aromatic carbocycles. The van der Waals surface area contributed by atoms with Crippen molar-refractivity contribution < 1.29 is 14.3 Å². The molecule has 0 bridgehead atoms. The minimum Gasteiger partial charge on any atom is -0.478 e. The van der Waals surface area contributed by atoms with Crippen molar-refractivity contribution in [1.29, 1.82) is 0 Å². The minimum absolute atomic E-state index is 0.0347. The maximum atomic E-state index is 11.9. The fraction of sp³-hybridized carbons (Fsp3) is 0.188. The molecule has 1 aromatic heterocycles. The highest BCUT2D eigenvalue weighted by molar-refractivity contribution is 5.99. The van der Waals surface area contributed by atoms with Gasteiger partial charge in [-0.3, -0.25) is 14.6 Å². The van der Waals surface area contributed by atoms with Gasteiger partial charge in [0, 0.05) is 6.20 Å². The van der Waals surface area contributed by atoms with Crippen LogP contribution in [-0.2, 0) is 16.1 Å². The van der Waals surface area contributed by atoms with Gasteiger partial charge >= 0.3 is 0 Å². The molecule has 22 heavy (non-hydrogen) atoms. The summed E-state index contributed by atoms with van der Waals surface area (Å²) in [6, 6.07) is 12.6. The highest BCUT2D eigenvalue weighted by atomic mass is 16.5. The molecule has 2 heterocycles. The van der Waals surface area contributed by atoms with Crippen molar-refractivity contribution in [2.75, 3.05) is 5.32 Å². The lowest BCUT2D eigenvalue weighted by Gasteiger charge is -2.25. The molecule has 112 valence electrons. The maximum absolute atomic E-state index is 11.9. The quantitative estimate of drug-likeness (QED) is 0.896. The largest absolute Gasteiger partial charge is 0.478 e. The predicted molar refractivity (Wildman–Crippen MR) is 80.2 cm³/mol. The van der Waals surface area contributed by atoms with Gasteiger partial charge in [0.15, 0.2) is 6.10 Å². The third-order valence-electron chi connectivity index (χ3n) is 3.27. The van der Waals surface area contributed by atoms with Crippen LogP contribution in [0.15, 0.2) is 48.7 Å². The van der Waals surface area contributed by atoms with E-state index in [1.54, 1.807) is 18.3 Å². The van der Waals surface area contributed by atoms with Crippen LogP contribution in [0.5, 0.6) is 5.75 Å². The van der Waals surface area contributed by atoms with Crippen LogP contribution >= 0.6 is 0 Å². The van der Waals surface area contributed by atoms with Gasteiger partial charge in [-0.25, -0.2) is 0 Å². The second-order valence-electron chi connectivity index (χ2n) is 4.89. The zero-order chi connectivity index (χ0) is 15.4. The third-order valence-corrected chi connectivity index (χ3v) is 3.27. The summed E-state index contributed by atoms with van der Waals surface area (Å²) in [5.41, 5.74) is 1.38. The number of hydrogen-bond donors (Lipinski definition) is 2. The number of para-hydroxylation sites is 2. The number of pyridine rings is 1. The number of fused-ring (bicyclic) bond motifs is 1. The van der Waals surface area contributed by atoms with Crippen molar-refractivity contribution in [1.82, 2.24) is 10.3 Å². The van der Waals surface area contributed by atoms with Crippen LogP contribution in [0.1, 0.15) is 12.1 Å². The van der Waals surface area contributed by atoms with Gasteiger partial charge in [0.05, 0.1) is 24.3 Å². The second kappa shape index (κ2) is 6.26. The minimum atomic E-state index is -0.821. The first-order valence-corrected chi connectivity index (χ1v) is 6.95. The number of nitrogens with zero attached hydrogens (tertiary/aromatic N) is 1. The number of hydrogen-bond acceptors (Lipinski definition) is 4. The van der Waals surface area contributed by atoms with E-state index in [4.69, 9.17) is 4.74 Å². The molecule has 6 nitrogen and oxygen atoms in total. The Morgan fingerprint density at radius 1 is 1.23 bits per heavy atom. The van der Waals surface area contributed by atoms with E-state index in [-0.39, 0.29) is 18.2 Å². The lowest BCUT2D eigenvalue weighted by molar-refractivity contribution is -0.130. The zero-order valence-electron chi connectivity index (χ0n) is 11.8. The summed E-state index contributed by atoms with van der Waals surface area (Å²) >= 11 is 0. The van der Waals surface area contributed by atoms with Crippen LogP contribution in [-0.4, -0.2) is 22.9 Å².